The van der Waals surface area contributed by atoms with Crippen LogP contribution in [0.5, 0.6) is 0 Å². The van der Waals surface area contributed by atoms with E-state index in [4.69, 9.17) is 0 Å². The third-order valence-corrected chi connectivity index (χ3v) is 2.21. The molecule has 0 amide bonds. The minimum absolute atomic E-state index is 0. The van der Waals surface area contributed by atoms with Gasteiger partial charge in [0.25, 0.3) is 0 Å². The molecule has 1 aromatic heterocycles. The van der Waals surface area contributed by atoms with E-state index in [1.54, 1.807) is 11.1 Å². The topological polar surface area (TPSA) is 42.6 Å². The Balaban J connectivity index is 0.00000225. The van der Waals surface area contributed by atoms with Crippen molar-refractivity contribution in [3.63, 3.8) is 0 Å². The number of rotatable bonds is 2. The van der Waals surface area contributed by atoms with Gasteiger partial charge in [0, 0.05) is 11.9 Å². The van der Waals surface area contributed by atoms with Gasteiger partial charge in [-0.05, 0) is 33.2 Å². The maximum absolute atomic E-state index is 4.16. The Morgan fingerprint density at radius 3 is 2.62 bits per heavy atom. The molecule has 0 fully saturated rings. The predicted octanol–water partition coefficient (Wildman–Crippen LogP) is 1.10. The second-order valence-corrected chi connectivity index (χ2v) is 3.59. The number of hydrogen-bond acceptors (Lipinski definition) is 2. The van der Waals surface area contributed by atoms with E-state index in [2.05, 4.69) is 27.7 Å². The Kier molecular flexibility index (Phi) is 7.05. The molecule has 16 heavy (non-hydrogen) atoms. The van der Waals surface area contributed by atoms with Crippen molar-refractivity contribution in [3.8, 4) is 0 Å². The molecule has 0 aliphatic heterocycles. The molecule has 6 heteroatoms. The van der Waals surface area contributed by atoms with Crippen LogP contribution >= 0.6 is 0 Å². The van der Waals surface area contributed by atoms with Crippen LogP contribution < -0.4 is 0 Å². The molecule has 0 N–H and O–H groups in total. The van der Waals surface area contributed by atoms with Crippen molar-refractivity contribution in [3.05, 3.63) is 35.5 Å². The van der Waals surface area contributed by atoms with Gasteiger partial charge < -0.3 is 10.5 Å². The first-order chi connectivity index (χ1) is 7.11. The molecule has 4 nitrogen and oxygen atoms in total. The molecule has 0 atom stereocenters. The second kappa shape index (κ2) is 7.44. The van der Waals surface area contributed by atoms with E-state index in [1.807, 2.05) is 39.2 Å². The molecule has 1 rings (SSSR count). The van der Waals surface area contributed by atoms with Crippen LogP contribution in [0.25, 0.3) is 5.43 Å². The van der Waals surface area contributed by atoms with E-state index in [1.165, 1.54) is 0 Å². The van der Waals surface area contributed by atoms with Gasteiger partial charge in [0.2, 0.25) is 0 Å². The Bertz CT molecular complexity index is 364. The fourth-order valence-electron chi connectivity index (χ4n) is 0.837. The van der Waals surface area contributed by atoms with E-state index < -0.39 is 0 Å². The van der Waals surface area contributed by atoms with Crippen molar-refractivity contribution in [1.29, 1.82) is 0 Å². The van der Waals surface area contributed by atoms with Crippen LogP contribution in [0, 0.1) is 0 Å². The smallest absolute Gasteiger partial charge is 0.515 e. The van der Waals surface area contributed by atoms with E-state index >= 15 is 0 Å². The van der Waals surface area contributed by atoms with E-state index in [0.717, 1.165) is 11.4 Å². The fraction of sp³-hybridized carbons (Fsp3) is 0.300. The van der Waals surface area contributed by atoms with Gasteiger partial charge in [-0.25, -0.2) is 0 Å². The standard InChI is InChI=1S/C10H14N4S.Ni/c1-8(9-6-4-5-7-11-9)12-13-10(15)14(2)3;/h4-7H,1-3H3,(H,11,13,15);/q;+2. The number of hydrogen-bond donors (Lipinski definition) is 0. The van der Waals surface area contributed by atoms with Crippen molar-refractivity contribution in [1.82, 2.24) is 9.88 Å². The molecule has 0 spiro atoms. The molecule has 0 radical (unpaired) electrons. The quantitative estimate of drug-likeness (QED) is 0.203. The summed E-state index contributed by atoms with van der Waals surface area (Å²) in [5.41, 5.74) is 5.54. The summed E-state index contributed by atoms with van der Waals surface area (Å²) < 4.78 is 0. The van der Waals surface area contributed by atoms with Crippen molar-refractivity contribution < 1.29 is 16.5 Å². The average Bonchev–Trinajstić information content (AvgIpc) is 2.26. The zero-order chi connectivity index (χ0) is 11.3. The van der Waals surface area contributed by atoms with E-state index in [0.29, 0.717) is 5.11 Å². The minimum Gasteiger partial charge on any atom is -0.515 e. The summed E-state index contributed by atoms with van der Waals surface area (Å²) in [7, 11) is 3.72. The SMILES string of the molecule is CC(=N[N-]C(=[SH+])N(C)C)c1ccccn1.[Ni+2]. The van der Waals surface area contributed by atoms with Crippen LogP contribution in [0.4, 0.5) is 0 Å². The van der Waals surface area contributed by atoms with Gasteiger partial charge in [-0.2, -0.15) is 0 Å². The van der Waals surface area contributed by atoms with Crippen LogP contribution in [-0.4, -0.2) is 34.8 Å². The van der Waals surface area contributed by atoms with Crippen LogP contribution in [0.15, 0.2) is 29.5 Å². The van der Waals surface area contributed by atoms with Crippen LogP contribution in [0.3, 0.4) is 0 Å². The Morgan fingerprint density at radius 2 is 2.12 bits per heavy atom. The largest absolute Gasteiger partial charge is 2.00 e. The zero-order valence-electron chi connectivity index (χ0n) is 9.36. The van der Waals surface area contributed by atoms with Crippen LogP contribution in [0.1, 0.15) is 12.6 Å². The van der Waals surface area contributed by atoms with Gasteiger partial charge in [-0.3, -0.25) is 9.88 Å². The molecule has 88 valence electrons. The van der Waals surface area contributed by atoms with Gasteiger partial charge in [0.15, 0.2) is 17.3 Å². The van der Waals surface area contributed by atoms with Crippen molar-refractivity contribution in [2.24, 2.45) is 5.10 Å². The number of thiol groups is 1. The first kappa shape index (κ1) is 15.2. The van der Waals surface area contributed by atoms with Crippen molar-refractivity contribution in [2.75, 3.05) is 14.1 Å². The Hall–Kier alpha value is -0.836. The molecule has 1 heterocycles. The number of pyridine rings is 1. The van der Waals surface area contributed by atoms with Gasteiger partial charge in [-0.1, -0.05) is 6.07 Å². The summed E-state index contributed by atoms with van der Waals surface area (Å²) in [4.78, 5) is 5.94. The summed E-state index contributed by atoms with van der Waals surface area (Å²) in [6.45, 7) is 1.86. The Morgan fingerprint density at radius 1 is 1.44 bits per heavy atom. The summed E-state index contributed by atoms with van der Waals surface area (Å²) in [6.07, 6.45) is 1.73. The maximum Gasteiger partial charge on any atom is 2.00 e. The van der Waals surface area contributed by atoms with E-state index in [9.17, 15) is 0 Å². The molecule has 0 saturated heterocycles. The maximum atomic E-state index is 4.16. The fourth-order valence-corrected chi connectivity index (χ4v) is 0.882. The van der Waals surface area contributed by atoms with Gasteiger partial charge in [0.05, 0.1) is 5.69 Å². The Labute approximate surface area is 111 Å². The summed E-state index contributed by atoms with van der Waals surface area (Å²) in [6, 6.07) is 5.67. The van der Waals surface area contributed by atoms with Crippen molar-refractivity contribution >= 4 is 23.0 Å². The number of nitrogens with zero attached hydrogens (tertiary/aromatic N) is 4. The molecule has 0 bridgehead atoms. The average molecular weight is 281 g/mol. The molecule has 0 aliphatic carbocycles. The van der Waals surface area contributed by atoms with Gasteiger partial charge in [-0.15, -0.1) is 0 Å². The first-order valence-electron chi connectivity index (χ1n) is 4.51. The third-order valence-electron chi connectivity index (χ3n) is 1.73. The first-order valence-corrected chi connectivity index (χ1v) is 4.96. The van der Waals surface area contributed by atoms with Gasteiger partial charge in [0.1, 0.15) is 0 Å². The summed E-state index contributed by atoms with van der Waals surface area (Å²) in [5, 5.41) is 4.60. The molecule has 0 aliphatic rings. The molecule has 0 saturated carbocycles. The molecule has 1 aromatic rings. The van der Waals surface area contributed by atoms with Crippen LogP contribution in [0.2, 0.25) is 0 Å². The molecular weight excluding hydrogens is 267 g/mol. The third kappa shape index (κ3) is 4.79. The number of aromatic nitrogens is 1. The summed E-state index contributed by atoms with van der Waals surface area (Å²) >= 11 is 4.16. The second-order valence-electron chi connectivity index (χ2n) is 3.19. The predicted molar refractivity (Wildman–Crippen MR) is 67.3 cm³/mol. The molecule has 0 unspecified atom stereocenters. The van der Waals surface area contributed by atoms with E-state index in [-0.39, 0.29) is 16.5 Å². The molecule has 0 aromatic carbocycles. The normalized spacial score (nSPS) is 10.9. The minimum atomic E-state index is 0. The molecular formula is C10H14N4NiS+2. The monoisotopic (exact) mass is 280 g/mol. The zero-order valence-corrected chi connectivity index (χ0v) is 11.2. The summed E-state index contributed by atoms with van der Waals surface area (Å²) in [5.74, 6) is 0. The van der Waals surface area contributed by atoms with Gasteiger partial charge >= 0.3 is 16.5 Å². The van der Waals surface area contributed by atoms with Crippen molar-refractivity contribution in [2.45, 2.75) is 6.92 Å². The van der Waals surface area contributed by atoms with Crippen LogP contribution in [-0.2, 0) is 28.7 Å².